The fourth-order valence-corrected chi connectivity index (χ4v) is 0.628. The second-order valence-corrected chi connectivity index (χ2v) is 1.73. The quantitative estimate of drug-likeness (QED) is 0.346. The smallest absolute Gasteiger partial charge is 0.298 e. The summed E-state index contributed by atoms with van der Waals surface area (Å²) in [4.78, 5) is 2.85. The van der Waals surface area contributed by atoms with E-state index in [1.165, 1.54) is 12.2 Å². The lowest BCUT2D eigenvalue weighted by Gasteiger charge is -1.90. The van der Waals surface area contributed by atoms with Crippen LogP contribution in [0, 0.1) is 0 Å². The first kappa shape index (κ1) is 5.92. The Labute approximate surface area is 51.9 Å². The van der Waals surface area contributed by atoms with Crippen molar-refractivity contribution < 1.29 is 9.18 Å². The third-order valence-corrected chi connectivity index (χ3v) is 1.04. The lowest BCUT2D eigenvalue weighted by atomic mass is 10.1. The fraction of sp³-hybridized carbons (Fsp3) is 0.167. The van der Waals surface area contributed by atoms with E-state index < -0.39 is 0 Å². The molecule has 0 aromatic heterocycles. The van der Waals surface area contributed by atoms with E-state index in [1.54, 1.807) is 6.08 Å². The van der Waals surface area contributed by atoms with Crippen LogP contribution < -0.4 is 0 Å². The molecule has 0 heterocycles. The van der Waals surface area contributed by atoms with Crippen LogP contribution >= 0.6 is 0 Å². The third kappa shape index (κ3) is 1.34. The highest BCUT2D eigenvalue weighted by Crippen LogP contribution is 2.06. The molecule has 1 rings (SSSR count). The molecule has 0 fully saturated rings. The number of hydrogen-bond donors (Lipinski definition) is 0. The van der Waals surface area contributed by atoms with Gasteiger partial charge in [0.2, 0.25) is 0 Å². The molecule has 0 N–H and O–H groups in total. The normalized spacial score (nSPS) is 17.0. The van der Waals surface area contributed by atoms with Crippen molar-refractivity contribution in [1.82, 2.24) is 0 Å². The van der Waals surface area contributed by atoms with E-state index in [-0.39, 0.29) is 5.83 Å². The minimum absolute atomic E-state index is 0.356. The van der Waals surface area contributed by atoms with Gasteiger partial charge >= 0.3 is 0 Å². The fourth-order valence-electron chi connectivity index (χ4n) is 0.628. The van der Waals surface area contributed by atoms with Gasteiger partial charge in [-0.2, -0.15) is 4.79 Å². The summed E-state index contributed by atoms with van der Waals surface area (Å²) in [6.07, 6.45) is 4.64. The van der Waals surface area contributed by atoms with Crippen molar-refractivity contribution >= 4 is 5.71 Å². The van der Waals surface area contributed by atoms with Crippen LogP contribution in [0.1, 0.15) is 6.42 Å². The molecule has 0 aromatic rings. The molecule has 0 spiro atoms. The van der Waals surface area contributed by atoms with Gasteiger partial charge in [-0.05, 0) is 6.08 Å². The Morgan fingerprint density at radius 1 is 1.67 bits per heavy atom. The summed E-state index contributed by atoms with van der Waals surface area (Å²) in [7, 11) is 0. The van der Waals surface area contributed by atoms with E-state index in [2.05, 4.69) is 4.79 Å². The topological polar surface area (TPSA) is 36.4 Å². The molecule has 2 nitrogen and oxygen atoms in total. The van der Waals surface area contributed by atoms with Gasteiger partial charge in [0.25, 0.3) is 5.71 Å². The van der Waals surface area contributed by atoms with Crippen LogP contribution in [0.5, 0.6) is 0 Å². The Bertz CT molecular complexity index is 221. The predicted octanol–water partition coefficient (Wildman–Crippen LogP) is 1.47. The molecule has 1 aliphatic carbocycles. The first-order valence-corrected chi connectivity index (χ1v) is 2.57. The zero-order chi connectivity index (χ0) is 6.69. The molecule has 0 unspecified atom stereocenters. The van der Waals surface area contributed by atoms with Gasteiger partial charge in [-0.25, -0.2) is 4.39 Å². The Morgan fingerprint density at radius 3 is 2.89 bits per heavy atom. The van der Waals surface area contributed by atoms with Crippen molar-refractivity contribution in [3.05, 3.63) is 29.6 Å². The number of hydrogen-bond acceptors (Lipinski definition) is 0. The molecule has 0 aliphatic heterocycles. The van der Waals surface area contributed by atoms with Crippen LogP contribution in [0.25, 0.3) is 5.53 Å². The summed E-state index contributed by atoms with van der Waals surface area (Å²) in [6.45, 7) is 0. The van der Waals surface area contributed by atoms with Crippen molar-refractivity contribution in [3.63, 3.8) is 0 Å². The molecule has 1 aliphatic rings. The van der Waals surface area contributed by atoms with Crippen molar-refractivity contribution in [2.45, 2.75) is 6.42 Å². The van der Waals surface area contributed by atoms with Gasteiger partial charge in [0.15, 0.2) is 0 Å². The minimum Gasteiger partial charge on any atom is -0.361 e. The van der Waals surface area contributed by atoms with Crippen LogP contribution in [0.2, 0.25) is 0 Å². The van der Waals surface area contributed by atoms with Crippen molar-refractivity contribution in [3.8, 4) is 0 Å². The summed E-state index contributed by atoms with van der Waals surface area (Å²) in [6, 6.07) is 0. The predicted molar refractivity (Wildman–Crippen MR) is 31.6 cm³/mol. The summed E-state index contributed by atoms with van der Waals surface area (Å²) in [5.41, 5.74) is 8.51. The lowest BCUT2D eigenvalue weighted by molar-refractivity contribution is -0.00553. The maximum Gasteiger partial charge on any atom is 0.298 e. The molecule has 9 heavy (non-hydrogen) atoms. The van der Waals surface area contributed by atoms with Gasteiger partial charge in [0.05, 0.1) is 12.5 Å². The van der Waals surface area contributed by atoms with Crippen molar-refractivity contribution in [1.29, 1.82) is 0 Å². The number of nitrogens with zero attached hydrogens (tertiary/aromatic N) is 2. The monoisotopic (exact) mass is 124 g/mol. The Hall–Kier alpha value is -1.21. The van der Waals surface area contributed by atoms with E-state index in [1.807, 2.05) is 0 Å². The van der Waals surface area contributed by atoms with Crippen molar-refractivity contribution in [2.75, 3.05) is 0 Å². The molecule has 0 radical (unpaired) electrons. The molecular weight excluding hydrogens is 119 g/mol. The van der Waals surface area contributed by atoms with Gasteiger partial charge in [-0.1, -0.05) is 6.08 Å². The highest BCUT2D eigenvalue weighted by molar-refractivity contribution is 5.93. The van der Waals surface area contributed by atoms with Crippen LogP contribution in [-0.4, -0.2) is 10.5 Å². The lowest BCUT2D eigenvalue weighted by Crippen LogP contribution is -1.96. The average Bonchev–Trinajstić information content (AvgIpc) is 1.88. The zero-order valence-corrected chi connectivity index (χ0v) is 4.71. The Kier molecular flexibility index (Phi) is 1.56. The first-order chi connectivity index (χ1) is 4.33. The molecule has 0 saturated heterocycles. The van der Waals surface area contributed by atoms with E-state index in [0.717, 1.165) is 0 Å². The van der Waals surface area contributed by atoms with E-state index in [0.29, 0.717) is 12.1 Å². The summed E-state index contributed by atoms with van der Waals surface area (Å²) in [5, 5.41) is 0. The molecule has 0 aromatic carbocycles. The third-order valence-electron chi connectivity index (χ3n) is 1.04. The van der Waals surface area contributed by atoms with Crippen LogP contribution in [0.15, 0.2) is 24.1 Å². The van der Waals surface area contributed by atoms with Gasteiger partial charge in [0, 0.05) is 0 Å². The average molecular weight is 124 g/mol. The zero-order valence-electron chi connectivity index (χ0n) is 4.71. The van der Waals surface area contributed by atoms with Gasteiger partial charge in [-0.15, -0.1) is 0 Å². The Morgan fingerprint density at radius 2 is 2.44 bits per heavy atom. The molecular formula is C6H5FN2. The van der Waals surface area contributed by atoms with Gasteiger partial charge in [0.1, 0.15) is 5.83 Å². The molecule has 0 amide bonds. The standard InChI is InChI=1S/C6H5FN2/c7-5-2-1-3-6(4-5)9-8/h1-2,4H,3H2. The second-order valence-electron chi connectivity index (χ2n) is 1.73. The maximum atomic E-state index is 12.2. The number of halogens is 1. The highest BCUT2D eigenvalue weighted by Gasteiger charge is 2.06. The van der Waals surface area contributed by atoms with E-state index >= 15 is 0 Å². The molecule has 0 bridgehead atoms. The summed E-state index contributed by atoms with van der Waals surface area (Å²) >= 11 is 0. The van der Waals surface area contributed by atoms with Crippen LogP contribution in [-0.2, 0) is 0 Å². The Balaban J connectivity index is 2.90. The summed E-state index contributed by atoms with van der Waals surface area (Å²) in [5.74, 6) is -0.367. The maximum absolute atomic E-state index is 12.2. The SMILES string of the molecule is [N-]=[N+]=C1C=C(F)C=CC1. The van der Waals surface area contributed by atoms with Gasteiger partial charge in [-0.3, -0.25) is 0 Å². The van der Waals surface area contributed by atoms with Crippen LogP contribution in [0.3, 0.4) is 0 Å². The second kappa shape index (κ2) is 2.37. The molecule has 46 valence electrons. The molecule has 0 saturated carbocycles. The number of rotatable bonds is 0. The highest BCUT2D eigenvalue weighted by atomic mass is 19.1. The largest absolute Gasteiger partial charge is 0.361 e. The molecule has 3 heteroatoms. The molecule has 0 atom stereocenters. The van der Waals surface area contributed by atoms with Crippen LogP contribution in [0.4, 0.5) is 4.39 Å². The number of allylic oxidation sites excluding steroid dienone is 4. The van der Waals surface area contributed by atoms with Gasteiger partial charge < -0.3 is 5.53 Å². The first-order valence-electron chi connectivity index (χ1n) is 2.57. The summed E-state index contributed by atoms with van der Waals surface area (Å²) < 4.78 is 12.2. The van der Waals surface area contributed by atoms with Crippen molar-refractivity contribution in [2.24, 2.45) is 0 Å². The van der Waals surface area contributed by atoms with E-state index in [9.17, 15) is 4.39 Å². The minimum atomic E-state index is -0.367. The van der Waals surface area contributed by atoms with E-state index in [4.69, 9.17) is 5.53 Å².